The number of anilines is 5. The molecule has 150 heavy (non-hydrogen) atoms. The minimum absolute atomic E-state index is 0.0314. The Morgan fingerprint density at radius 2 is 0.640 bits per heavy atom. The lowest BCUT2D eigenvalue weighted by Gasteiger charge is -2.32. The maximum atomic E-state index is 13.4. The number of rotatable bonds is 18. The van der Waals surface area contributed by atoms with Crippen molar-refractivity contribution in [1.29, 1.82) is 0 Å². The molecule has 6 N–H and O–H groups in total. The Hall–Kier alpha value is -11.8. The van der Waals surface area contributed by atoms with Gasteiger partial charge in [0, 0.05) is 85.5 Å². The number of methoxy groups -OCH3 is 1. The fraction of sp³-hybridized carbons (Fsp3) is 0.394. The number of benzene rings is 3. The van der Waals surface area contributed by atoms with Crippen molar-refractivity contribution in [2.45, 2.75) is 258 Å². The molecule has 46 heteroatoms. The Balaban J connectivity index is 0.000000159. The maximum absolute atomic E-state index is 13.4. The molecule has 0 aliphatic carbocycles. The molecule has 800 valence electrons. The number of halogens is 14. The first kappa shape index (κ1) is 117. The van der Waals surface area contributed by atoms with E-state index in [9.17, 15) is 44.3 Å². The van der Waals surface area contributed by atoms with Crippen molar-refractivity contribution in [3.8, 4) is 67.5 Å². The van der Waals surface area contributed by atoms with E-state index in [-0.39, 0.29) is 78.6 Å². The lowest BCUT2D eigenvalue weighted by molar-refractivity contribution is 0.00578. The van der Waals surface area contributed by atoms with Crippen LogP contribution in [-0.4, -0.2) is 189 Å². The van der Waals surface area contributed by atoms with E-state index in [1.165, 1.54) is 101 Å². The van der Waals surface area contributed by atoms with Crippen molar-refractivity contribution >= 4 is 152 Å². The number of carbonyl (C=O) groups is 1. The summed E-state index contributed by atoms with van der Waals surface area (Å²) in [5.74, 6) is 2.39. The fourth-order valence-electron chi connectivity index (χ4n) is 15.5. The van der Waals surface area contributed by atoms with Crippen molar-refractivity contribution in [3.05, 3.63) is 236 Å². The number of fused-ring (bicyclic) bond motifs is 5. The fourth-order valence-corrected chi connectivity index (χ4v) is 15.8. The third-order valence-electron chi connectivity index (χ3n) is 24.4. The first-order chi connectivity index (χ1) is 70.0. The number of nitrogens with two attached hydrogens (primary N) is 1. The minimum atomic E-state index is -2.59. The van der Waals surface area contributed by atoms with Gasteiger partial charge in [-0.05, 0) is 308 Å². The number of amides is 1. The predicted octanol–water partition coefficient (Wildman–Crippen LogP) is 25.8. The summed E-state index contributed by atoms with van der Waals surface area (Å²) < 4.78 is 174. The zero-order valence-electron chi connectivity index (χ0n) is 87.7. The van der Waals surface area contributed by atoms with Crippen LogP contribution in [0.5, 0.6) is 0 Å². The first-order valence-electron chi connectivity index (χ1n) is 47.9. The molecule has 3 saturated heterocycles. The molecule has 0 spiro atoms. The van der Waals surface area contributed by atoms with Gasteiger partial charge in [-0.15, -0.1) is 46.4 Å². The molecule has 1 amide bonds. The molecule has 3 aromatic carbocycles. The van der Waals surface area contributed by atoms with E-state index in [1.54, 1.807) is 89.8 Å². The Kier molecular flexibility index (Phi) is 37.1. The van der Waals surface area contributed by atoms with Crippen LogP contribution in [0.1, 0.15) is 159 Å². The molecule has 16 heterocycles. The van der Waals surface area contributed by atoms with Crippen molar-refractivity contribution in [2.24, 2.45) is 0 Å². The number of pyridine rings is 5. The standard InChI is InChI=1S/C22H22F3N5.C20H16F3N5O2.C18H14F3N5.C17H26BN3O2.C12H24B2O4.C11H14BrN3.2C2H4Cl2/c1-22(2,3)28-19-10-26-18-9-6-15(11-30(18)19)21-20(14-4-7-16(23)8-5-14)27-13-29(21)12-17(24)25;1-30-20(29)26-17-8-24-16-7-4-13(9-28(16)17)19-18(12-2-5-14(21)6-3-12)25-11-27(19)10-15(22)23;19-13-4-1-11(2-5-13)17-18(25(10-24-17)9-14(20)21)12-3-6-16-23-7-15(22)26(16)8-12;1-15(2,3)20-14-10-19-13-9-8-12(11-21(13)14)18-22-16(4,5)17(6,7)23-18;1-9(2)10(3,4)16-13(15-9)14-17-11(5,6)12(7,8)18-14;1-11(2,3)14-10-6-13-9-5-4-8(12)7-15(9)10;2*1-2(3)4/h4-11,13,17,28H,12H2,1-3H3;2-9,11,15H,10H2,1H3,(H,26,29);1-8,10,14H,9,22H2;8-11,20H,1-7H3;1-8H3;4-7,14H,1-3H3;2*2H,1H3. The van der Waals surface area contributed by atoms with E-state index in [0.717, 1.165) is 44.3 Å². The van der Waals surface area contributed by atoms with Gasteiger partial charge < -0.3 is 68.0 Å². The lowest BCUT2D eigenvalue weighted by Crippen LogP contribution is -2.41. The Morgan fingerprint density at radius 1 is 0.380 bits per heavy atom. The van der Waals surface area contributed by atoms with E-state index in [1.807, 2.05) is 157 Å². The quantitative estimate of drug-likeness (QED) is 0.0303. The molecule has 0 bridgehead atoms. The summed E-state index contributed by atoms with van der Waals surface area (Å²) in [5, 5.41) is 12.8. The smallest absolute Gasteiger partial charge is 0.453 e. The molecule has 0 saturated carbocycles. The highest BCUT2D eigenvalue weighted by Gasteiger charge is 2.64. The number of carbonyl (C=O) groups excluding carboxylic acids is 1. The second-order valence-electron chi connectivity index (χ2n) is 41.6. The molecule has 3 aliphatic rings. The monoisotopic (exact) mass is 2220 g/mol. The molecule has 3 aliphatic heterocycles. The lowest BCUT2D eigenvalue weighted by atomic mass is 9.49. The molecule has 0 atom stereocenters. The number of hydrogen-bond acceptors (Lipinski definition) is 20. The summed E-state index contributed by atoms with van der Waals surface area (Å²) in [6, 6.07) is 35.8. The van der Waals surface area contributed by atoms with E-state index in [0.29, 0.717) is 90.5 Å². The molecule has 19 rings (SSSR count). The van der Waals surface area contributed by atoms with Crippen molar-refractivity contribution in [3.63, 3.8) is 0 Å². The van der Waals surface area contributed by atoms with Gasteiger partial charge in [-0.25, -0.2) is 84.2 Å². The predicted molar refractivity (Wildman–Crippen MR) is 582 cm³/mol. The van der Waals surface area contributed by atoms with E-state index >= 15 is 0 Å². The normalized spacial score (nSPS) is 15.3. The number of hydrogen-bond donors (Lipinski definition) is 5. The van der Waals surface area contributed by atoms with Gasteiger partial charge in [0.15, 0.2) is 0 Å². The van der Waals surface area contributed by atoms with Crippen molar-refractivity contribution < 1.29 is 77.0 Å². The second-order valence-corrected chi connectivity index (χ2v) is 45.5. The zero-order chi connectivity index (χ0) is 110. The average Bonchev–Trinajstić information content (AvgIpc) is 1.59. The number of alkyl halides is 10. The van der Waals surface area contributed by atoms with Crippen LogP contribution < -0.4 is 32.5 Å². The van der Waals surface area contributed by atoms with Gasteiger partial charge in [0.05, 0.1) is 144 Å². The molecule has 0 unspecified atom stereocenters. The molecular weight excluding hydrogens is 2100 g/mol. The number of aromatic nitrogens is 16. The largest absolute Gasteiger partial charge is 0.496 e. The molecular formula is C104H124B3BrCl4F9N21O8. The summed E-state index contributed by atoms with van der Waals surface area (Å²) >= 11 is 23.6. The highest BCUT2D eigenvalue weighted by atomic mass is 79.9. The van der Waals surface area contributed by atoms with Crippen molar-refractivity contribution in [2.75, 3.05) is 34.1 Å². The SMILES string of the molecule is CC(C)(C)Nc1cnc2ccc(-c3c(-c4ccc(F)cc4)ncn3CC(F)F)cn12.CC(C)(C)Nc1cnc2ccc(B3OC(C)(C)C(C)(C)O3)cn12.CC(C)(C)Nc1cnc2ccc(Br)cn12.CC(Cl)Cl.CC(Cl)Cl.CC1(C)OB(B2OC(C)(C)C(C)(C)O2)OC1(C)C.COC(=O)Nc1cnc2ccc(-c3c(-c4ccc(F)cc4)ncn3CC(F)F)cn12.Nc1cnc2ccc(-c3c(-c4ccc(F)cc4)ncn3CC(F)F)cn12. The molecule has 13 aromatic heterocycles. The molecule has 0 radical (unpaired) electrons. The third-order valence-corrected chi connectivity index (χ3v) is 24.9. The van der Waals surface area contributed by atoms with Gasteiger partial charge in [-0.2, -0.15) is 0 Å². The summed E-state index contributed by atoms with van der Waals surface area (Å²) in [6.07, 6.45) is 13.5. The van der Waals surface area contributed by atoms with Gasteiger partial charge in [0.2, 0.25) is 0 Å². The van der Waals surface area contributed by atoms with Crippen LogP contribution in [0.2, 0.25) is 0 Å². The first-order valence-corrected chi connectivity index (χ1v) is 50.4. The highest BCUT2D eigenvalue weighted by Crippen LogP contribution is 2.45. The van der Waals surface area contributed by atoms with E-state index in [2.05, 4.69) is 151 Å². The zero-order valence-corrected chi connectivity index (χ0v) is 92.3. The average molecular weight is 2220 g/mol. The molecule has 29 nitrogen and oxygen atoms in total. The van der Waals surface area contributed by atoms with Crippen LogP contribution in [-0.2, 0) is 52.3 Å². The maximum Gasteiger partial charge on any atom is 0.496 e. The highest BCUT2D eigenvalue weighted by molar-refractivity contribution is 9.10. The van der Waals surface area contributed by atoms with E-state index in [4.69, 9.17) is 80.1 Å². The summed E-state index contributed by atoms with van der Waals surface area (Å²) in [5.41, 5.74) is 15.1. The van der Waals surface area contributed by atoms with Crippen LogP contribution in [0.15, 0.2) is 219 Å². The number of nitrogens with zero attached hydrogens (tertiary/aromatic N) is 16. The number of nitrogen functional groups attached to an aromatic ring is 1. The molecule has 3 fully saturated rings. The van der Waals surface area contributed by atoms with Crippen LogP contribution in [0.3, 0.4) is 0 Å². The van der Waals surface area contributed by atoms with Gasteiger partial charge >= 0.3 is 27.2 Å². The Bertz CT molecular complexity index is 7170. The summed E-state index contributed by atoms with van der Waals surface area (Å²) in [6.45, 7) is 45.2. The number of nitrogens with one attached hydrogen (secondary N) is 4. The Labute approximate surface area is 895 Å². The molecule has 16 aromatic rings. The minimum Gasteiger partial charge on any atom is -0.453 e. The van der Waals surface area contributed by atoms with Gasteiger partial charge in [0.1, 0.15) is 84.4 Å². The topological polar surface area (TPSA) is 296 Å². The van der Waals surface area contributed by atoms with Crippen molar-refractivity contribution in [1.82, 2.24) is 75.6 Å². The number of ether oxygens (including phenoxy) is 1. The number of imidazole rings is 8. The van der Waals surface area contributed by atoms with Crippen LogP contribution in [0.4, 0.5) is 73.4 Å². The van der Waals surface area contributed by atoms with Crippen LogP contribution >= 0.6 is 62.3 Å². The van der Waals surface area contributed by atoms with Gasteiger partial charge in [0.25, 0.3) is 19.3 Å². The van der Waals surface area contributed by atoms with E-state index < -0.39 is 64.8 Å². The Morgan fingerprint density at radius 3 is 0.953 bits per heavy atom. The third kappa shape index (κ3) is 29.8. The van der Waals surface area contributed by atoms with Crippen LogP contribution in [0.25, 0.3) is 95.8 Å². The summed E-state index contributed by atoms with van der Waals surface area (Å²) in [7, 11) is -0.0802. The van der Waals surface area contributed by atoms with Gasteiger partial charge in [-0.3, -0.25) is 27.3 Å². The second kappa shape index (κ2) is 47.6. The van der Waals surface area contributed by atoms with Gasteiger partial charge in [-0.1, -0.05) is 6.07 Å². The summed E-state index contributed by atoms with van der Waals surface area (Å²) in [4.78, 5) is 45.6. The van der Waals surface area contributed by atoms with Crippen LogP contribution in [0, 0.1) is 17.5 Å².